The average molecular weight is 358 g/mol. The number of nitrogens with zero attached hydrogens (tertiary/aromatic N) is 2. The predicted octanol–water partition coefficient (Wildman–Crippen LogP) is 3.05. The molecule has 1 unspecified atom stereocenters. The fourth-order valence-electron chi connectivity index (χ4n) is 2.98. The second kappa shape index (κ2) is 8.12. The fraction of sp³-hybridized carbons (Fsp3) is 0.316. The Morgan fingerprint density at radius 1 is 1.24 bits per heavy atom. The second-order valence-electron chi connectivity index (χ2n) is 6.13. The van der Waals surface area contributed by atoms with Gasteiger partial charge in [-0.2, -0.15) is 0 Å². The number of benzene rings is 1. The monoisotopic (exact) mass is 357 g/mol. The van der Waals surface area contributed by atoms with Gasteiger partial charge in [0.15, 0.2) is 0 Å². The van der Waals surface area contributed by atoms with Gasteiger partial charge in [-0.05, 0) is 49.1 Å². The van der Waals surface area contributed by atoms with Crippen LogP contribution in [0.1, 0.15) is 35.3 Å². The highest BCUT2D eigenvalue weighted by molar-refractivity contribution is 6.30. The standard InChI is InChI=1S/C19H20ClN3O2/c20-15-7-5-6-14(12-15)13-23-11-4-2-9-17(19(23)25)22-18(24)16-8-1-3-10-21-16/h1,3,5-8,10,12,17H,2,4,9,11,13H2,(H,22,24). The van der Waals surface area contributed by atoms with E-state index >= 15 is 0 Å². The molecule has 1 aliphatic heterocycles. The number of aromatic nitrogens is 1. The Morgan fingerprint density at radius 2 is 2.12 bits per heavy atom. The number of likely N-dealkylation sites (tertiary alicyclic amines) is 1. The summed E-state index contributed by atoms with van der Waals surface area (Å²) >= 11 is 6.03. The van der Waals surface area contributed by atoms with Gasteiger partial charge < -0.3 is 10.2 Å². The fourth-order valence-corrected chi connectivity index (χ4v) is 3.19. The maximum absolute atomic E-state index is 12.9. The molecule has 130 valence electrons. The summed E-state index contributed by atoms with van der Waals surface area (Å²) in [6.07, 6.45) is 4.02. The molecule has 1 aliphatic rings. The summed E-state index contributed by atoms with van der Waals surface area (Å²) < 4.78 is 0. The summed E-state index contributed by atoms with van der Waals surface area (Å²) in [5.41, 5.74) is 1.30. The summed E-state index contributed by atoms with van der Waals surface area (Å²) in [5.74, 6) is -0.370. The van der Waals surface area contributed by atoms with E-state index in [0.717, 1.165) is 18.4 Å². The van der Waals surface area contributed by atoms with Gasteiger partial charge >= 0.3 is 0 Å². The first kappa shape index (κ1) is 17.4. The first-order chi connectivity index (χ1) is 12.1. The van der Waals surface area contributed by atoms with E-state index in [9.17, 15) is 9.59 Å². The quantitative estimate of drug-likeness (QED) is 0.914. The molecule has 0 spiro atoms. The summed E-state index contributed by atoms with van der Waals surface area (Å²) in [7, 11) is 0. The van der Waals surface area contributed by atoms with Crippen molar-refractivity contribution < 1.29 is 9.59 Å². The Hall–Kier alpha value is -2.40. The van der Waals surface area contributed by atoms with Crippen LogP contribution in [0.25, 0.3) is 0 Å². The van der Waals surface area contributed by atoms with Crippen LogP contribution in [0.5, 0.6) is 0 Å². The highest BCUT2D eigenvalue weighted by Gasteiger charge is 2.28. The lowest BCUT2D eigenvalue weighted by molar-refractivity contribution is -0.133. The third kappa shape index (κ3) is 4.57. The minimum atomic E-state index is -0.517. The van der Waals surface area contributed by atoms with Gasteiger partial charge in [-0.15, -0.1) is 0 Å². The van der Waals surface area contributed by atoms with Crippen molar-refractivity contribution in [1.29, 1.82) is 0 Å². The Bertz CT molecular complexity index is 751. The number of carbonyl (C=O) groups is 2. The number of pyridine rings is 1. The molecule has 1 atom stereocenters. The third-order valence-corrected chi connectivity index (χ3v) is 4.48. The first-order valence-corrected chi connectivity index (χ1v) is 8.76. The highest BCUT2D eigenvalue weighted by Crippen LogP contribution is 2.18. The van der Waals surface area contributed by atoms with Crippen LogP contribution in [0.3, 0.4) is 0 Å². The molecular formula is C19H20ClN3O2. The summed E-state index contributed by atoms with van der Waals surface area (Å²) in [5, 5.41) is 3.49. The molecule has 1 fully saturated rings. The number of halogens is 1. The van der Waals surface area contributed by atoms with Gasteiger partial charge in [0, 0.05) is 24.3 Å². The minimum absolute atomic E-state index is 0.0539. The van der Waals surface area contributed by atoms with E-state index in [1.807, 2.05) is 24.3 Å². The van der Waals surface area contributed by atoms with Gasteiger partial charge in [0.1, 0.15) is 11.7 Å². The van der Waals surface area contributed by atoms with Gasteiger partial charge in [0.05, 0.1) is 0 Å². The number of carbonyl (C=O) groups excluding carboxylic acids is 2. The lowest BCUT2D eigenvalue weighted by Gasteiger charge is -2.25. The van der Waals surface area contributed by atoms with Crippen LogP contribution in [0.4, 0.5) is 0 Å². The molecule has 0 aliphatic carbocycles. The van der Waals surface area contributed by atoms with Crippen molar-refractivity contribution in [2.24, 2.45) is 0 Å². The summed E-state index contributed by atoms with van der Waals surface area (Å²) in [6.45, 7) is 1.18. The molecule has 2 aromatic rings. The highest BCUT2D eigenvalue weighted by atomic mass is 35.5. The van der Waals surface area contributed by atoms with Crippen LogP contribution in [0, 0.1) is 0 Å². The van der Waals surface area contributed by atoms with Crippen LogP contribution in [-0.2, 0) is 11.3 Å². The largest absolute Gasteiger partial charge is 0.339 e. The molecule has 1 N–H and O–H groups in total. The van der Waals surface area contributed by atoms with Crippen molar-refractivity contribution in [1.82, 2.24) is 15.2 Å². The number of hydrogen-bond donors (Lipinski definition) is 1. The molecule has 6 heteroatoms. The van der Waals surface area contributed by atoms with Gasteiger partial charge in [0.2, 0.25) is 5.91 Å². The van der Waals surface area contributed by atoms with E-state index in [-0.39, 0.29) is 11.8 Å². The van der Waals surface area contributed by atoms with E-state index in [2.05, 4.69) is 10.3 Å². The number of nitrogens with one attached hydrogen (secondary N) is 1. The van der Waals surface area contributed by atoms with Crippen LogP contribution < -0.4 is 5.32 Å². The topological polar surface area (TPSA) is 62.3 Å². The molecule has 1 saturated heterocycles. The molecule has 2 amide bonds. The summed E-state index contributed by atoms with van der Waals surface area (Å²) in [4.78, 5) is 31.0. The SMILES string of the molecule is O=C(NC1CCCCN(Cc2cccc(Cl)c2)C1=O)c1ccccn1. The van der Waals surface area contributed by atoms with E-state index in [0.29, 0.717) is 30.2 Å². The Labute approximate surface area is 152 Å². The maximum atomic E-state index is 12.9. The predicted molar refractivity (Wildman–Crippen MR) is 96.2 cm³/mol. The van der Waals surface area contributed by atoms with E-state index in [1.165, 1.54) is 0 Å². The molecule has 0 bridgehead atoms. The average Bonchev–Trinajstić information content (AvgIpc) is 2.78. The van der Waals surface area contributed by atoms with Crippen LogP contribution in [-0.4, -0.2) is 34.3 Å². The zero-order valence-corrected chi connectivity index (χ0v) is 14.6. The number of rotatable bonds is 4. The van der Waals surface area contributed by atoms with Crippen LogP contribution in [0.15, 0.2) is 48.7 Å². The Morgan fingerprint density at radius 3 is 2.88 bits per heavy atom. The van der Waals surface area contributed by atoms with Gasteiger partial charge in [-0.3, -0.25) is 14.6 Å². The van der Waals surface area contributed by atoms with Gasteiger partial charge in [-0.1, -0.05) is 29.8 Å². The minimum Gasteiger partial charge on any atom is -0.339 e. The third-order valence-electron chi connectivity index (χ3n) is 4.25. The maximum Gasteiger partial charge on any atom is 0.270 e. The van der Waals surface area contributed by atoms with Gasteiger partial charge in [0.25, 0.3) is 5.91 Å². The van der Waals surface area contributed by atoms with Crippen molar-refractivity contribution in [3.05, 3.63) is 64.9 Å². The zero-order valence-electron chi connectivity index (χ0n) is 13.8. The van der Waals surface area contributed by atoms with Crippen LogP contribution in [0.2, 0.25) is 5.02 Å². The molecule has 25 heavy (non-hydrogen) atoms. The summed E-state index contributed by atoms with van der Waals surface area (Å²) in [6, 6.07) is 12.1. The first-order valence-electron chi connectivity index (χ1n) is 8.38. The number of hydrogen-bond acceptors (Lipinski definition) is 3. The van der Waals surface area contributed by atoms with Crippen molar-refractivity contribution in [3.63, 3.8) is 0 Å². The smallest absolute Gasteiger partial charge is 0.270 e. The van der Waals surface area contributed by atoms with Crippen molar-refractivity contribution >= 4 is 23.4 Å². The van der Waals surface area contributed by atoms with E-state index in [4.69, 9.17) is 11.6 Å². The van der Waals surface area contributed by atoms with E-state index < -0.39 is 6.04 Å². The van der Waals surface area contributed by atoms with Crippen molar-refractivity contribution in [2.75, 3.05) is 6.54 Å². The Balaban J connectivity index is 1.70. The Kier molecular flexibility index (Phi) is 5.66. The van der Waals surface area contributed by atoms with E-state index in [1.54, 1.807) is 29.3 Å². The van der Waals surface area contributed by atoms with Crippen molar-refractivity contribution in [2.45, 2.75) is 31.8 Å². The molecule has 0 saturated carbocycles. The van der Waals surface area contributed by atoms with Gasteiger partial charge in [-0.25, -0.2) is 0 Å². The number of amides is 2. The molecule has 1 aromatic heterocycles. The molecule has 0 radical (unpaired) electrons. The lowest BCUT2D eigenvalue weighted by Crippen LogP contribution is -2.47. The zero-order chi connectivity index (χ0) is 17.6. The van der Waals surface area contributed by atoms with Crippen molar-refractivity contribution in [3.8, 4) is 0 Å². The molecule has 2 heterocycles. The molecule has 5 nitrogen and oxygen atoms in total. The second-order valence-corrected chi connectivity index (χ2v) is 6.56. The lowest BCUT2D eigenvalue weighted by atomic mass is 10.1. The normalized spacial score (nSPS) is 17.9. The molecular weight excluding hydrogens is 338 g/mol. The molecule has 3 rings (SSSR count). The molecule has 1 aromatic carbocycles. The van der Waals surface area contributed by atoms with Crippen LogP contribution >= 0.6 is 11.6 Å².